The predicted molar refractivity (Wildman–Crippen MR) is 86.0 cm³/mol. The molecule has 0 saturated heterocycles. The van der Waals surface area contributed by atoms with Crippen molar-refractivity contribution in [3.63, 3.8) is 0 Å². The SMILES string of the molecule is CCC[CH2][Sn]([CH2]CCC)([CH2]CCC)[CH2]CCCO. The van der Waals surface area contributed by atoms with E-state index in [-0.39, 0.29) is 0 Å². The molecule has 0 radical (unpaired) electrons. The average molecular weight is 363 g/mol. The molecule has 0 aromatic heterocycles. The summed E-state index contributed by atoms with van der Waals surface area (Å²) in [6.45, 7) is 7.41. The van der Waals surface area contributed by atoms with Crippen molar-refractivity contribution in [3.05, 3.63) is 0 Å². The number of aliphatic hydroxyl groups excluding tert-OH is 1. The molecule has 0 aliphatic rings. The molecular formula is C16H36OSn. The normalized spacial score (nSPS) is 12.0. The van der Waals surface area contributed by atoms with Crippen molar-refractivity contribution in [1.29, 1.82) is 0 Å². The Morgan fingerprint density at radius 2 is 1.00 bits per heavy atom. The van der Waals surface area contributed by atoms with Crippen molar-refractivity contribution in [1.82, 2.24) is 0 Å². The van der Waals surface area contributed by atoms with E-state index in [4.69, 9.17) is 5.11 Å². The summed E-state index contributed by atoms with van der Waals surface area (Å²) in [5.41, 5.74) is 0. The van der Waals surface area contributed by atoms with Gasteiger partial charge in [0.25, 0.3) is 0 Å². The van der Waals surface area contributed by atoms with Gasteiger partial charge in [0.15, 0.2) is 0 Å². The summed E-state index contributed by atoms with van der Waals surface area (Å²) in [5, 5.41) is 9.01. The molecule has 0 unspecified atom stereocenters. The van der Waals surface area contributed by atoms with Crippen molar-refractivity contribution in [2.45, 2.75) is 89.9 Å². The first-order valence-corrected chi connectivity index (χ1v) is 16.4. The second-order valence-electron chi connectivity index (χ2n) is 5.99. The summed E-state index contributed by atoms with van der Waals surface area (Å²) in [4.78, 5) is 0. The predicted octanol–water partition coefficient (Wildman–Crippen LogP) is 5.61. The van der Waals surface area contributed by atoms with Crippen molar-refractivity contribution in [2.24, 2.45) is 0 Å². The minimum atomic E-state index is -1.83. The van der Waals surface area contributed by atoms with E-state index < -0.39 is 18.4 Å². The van der Waals surface area contributed by atoms with Crippen molar-refractivity contribution < 1.29 is 5.11 Å². The van der Waals surface area contributed by atoms with Gasteiger partial charge in [0.1, 0.15) is 0 Å². The van der Waals surface area contributed by atoms with Crippen LogP contribution >= 0.6 is 0 Å². The van der Waals surface area contributed by atoms with Gasteiger partial charge >= 0.3 is 120 Å². The summed E-state index contributed by atoms with van der Waals surface area (Å²) in [7, 11) is 0. The average Bonchev–Trinajstić information content (AvgIpc) is 2.40. The van der Waals surface area contributed by atoms with Gasteiger partial charge in [-0.15, -0.1) is 0 Å². The summed E-state index contributed by atoms with van der Waals surface area (Å²) in [6.07, 6.45) is 10.9. The summed E-state index contributed by atoms with van der Waals surface area (Å²) >= 11 is -1.83. The number of hydrogen-bond acceptors (Lipinski definition) is 1. The van der Waals surface area contributed by atoms with Gasteiger partial charge in [0.05, 0.1) is 0 Å². The fraction of sp³-hybridized carbons (Fsp3) is 1.00. The van der Waals surface area contributed by atoms with Crippen molar-refractivity contribution in [2.75, 3.05) is 6.61 Å². The molecule has 0 rings (SSSR count). The van der Waals surface area contributed by atoms with E-state index in [9.17, 15) is 0 Å². The molecule has 110 valence electrons. The maximum absolute atomic E-state index is 9.01. The molecule has 0 atom stereocenters. The Bertz CT molecular complexity index is 149. The van der Waals surface area contributed by atoms with Crippen LogP contribution in [0.1, 0.15) is 72.1 Å². The van der Waals surface area contributed by atoms with Crippen LogP contribution in [-0.4, -0.2) is 30.1 Å². The molecule has 0 heterocycles. The maximum atomic E-state index is 9.01. The molecule has 0 fully saturated rings. The molecule has 0 bridgehead atoms. The first-order chi connectivity index (χ1) is 8.74. The Morgan fingerprint density at radius 3 is 1.33 bits per heavy atom. The van der Waals surface area contributed by atoms with Gasteiger partial charge in [-0.25, -0.2) is 0 Å². The van der Waals surface area contributed by atoms with E-state index >= 15 is 0 Å². The molecule has 1 N–H and O–H groups in total. The molecule has 1 nitrogen and oxygen atoms in total. The van der Waals surface area contributed by atoms with Crippen molar-refractivity contribution in [3.8, 4) is 0 Å². The third-order valence-electron chi connectivity index (χ3n) is 4.30. The van der Waals surface area contributed by atoms with Gasteiger partial charge in [0.2, 0.25) is 0 Å². The first kappa shape index (κ1) is 18.8. The number of unbranched alkanes of at least 4 members (excludes halogenated alkanes) is 4. The molecule has 0 aromatic carbocycles. The van der Waals surface area contributed by atoms with E-state index in [1.54, 1.807) is 17.7 Å². The molecule has 0 aliphatic heterocycles. The topological polar surface area (TPSA) is 20.2 Å². The Morgan fingerprint density at radius 1 is 0.611 bits per heavy atom. The second-order valence-corrected chi connectivity index (χ2v) is 20.3. The van der Waals surface area contributed by atoms with Gasteiger partial charge in [-0.2, -0.15) is 0 Å². The summed E-state index contributed by atoms with van der Waals surface area (Å²) in [5.74, 6) is 0. The van der Waals surface area contributed by atoms with Crippen LogP contribution in [0.5, 0.6) is 0 Å². The van der Waals surface area contributed by atoms with Crippen LogP contribution in [0.2, 0.25) is 17.7 Å². The Hall–Kier alpha value is 0.759. The zero-order chi connectivity index (χ0) is 13.7. The Kier molecular flexibility index (Phi) is 13.3. The van der Waals surface area contributed by atoms with Gasteiger partial charge in [-0.3, -0.25) is 0 Å². The van der Waals surface area contributed by atoms with Crippen LogP contribution in [0, 0.1) is 0 Å². The van der Waals surface area contributed by atoms with Gasteiger partial charge < -0.3 is 0 Å². The molecular weight excluding hydrogens is 327 g/mol. The summed E-state index contributed by atoms with van der Waals surface area (Å²) in [6, 6.07) is 0. The molecule has 0 aromatic rings. The van der Waals surface area contributed by atoms with E-state index in [2.05, 4.69) is 20.8 Å². The third kappa shape index (κ3) is 8.79. The van der Waals surface area contributed by atoms with E-state index in [0.717, 1.165) is 6.42 Å². The molecule has 0 aliphatic carbocycles. The fourth-order valence-electron chi connectivity index (χ4n) is 3.02. The first-order valence-electron chi connectivity index (χ1n) is 8.35. The number of rotatable bonds is 13. The number of hydrogen-bond donors (Lipinski definition) is 1. The molecule has 0 spiro atoms. The summed E-state index contributed by atoms with van der Waals surface area (Å²) < 4.78 is 6.42. The van der Waals surface area contributed by atoms with Crippen LogP contribution in [0.15, 0.2) is 0 Å². The molecule has 0 amide bonds. The van der Waals surface area contributed by atoms with Crippen molar-refractivity contribution >= 4 is 18.4 Å². The quantitative estimate of drug-likeness (QED) is 0.333. The molecule has 2 heteroatoms. The standard InChI is InChI=1S/C4H9O.3C4H9.Sn/c1-2-3-4-5;3*1-3-4-2;/h5H,1-4H2;3*1,3-4H2,2H3;. The third-order valence-corrected chi connectivity index (χ3v) is 20.4. The second kappa shape index (κ2) is 12.8. The fourth-order valence-corrected chi connectivity index (χ4v) is 19.6. The van der Waals surface area contributed by atoms with E-state index in [0.29, 0.717) is 6.61 Å². The van der Waals surface area contributed by atoms with Crippen LogP contribution < -0.4 is 0 Å². The van der Waals surface area contributed by atoms with E-state index in [1.807, 2.05) is 0 Å². The number of aliphatic hydroxyl groups is 1. The van der Waals surface area contributed by atoms with Gasteiger partial charge in [-0.05, 0) is 0 Å². The van der Waals surface area contributed by atoms with Crippen LogP contribution in [0.3, 0.4) is 0 Å². The monoisotopic (exact) mass is 364 g/mol. The van der Waals surface area contributed by atoms with Crippen LogP contribution in [-0.2, 0) is 0 Å². The Balaban J connectivity index is 4.41. The van der Waals surface area contributed by atoms with Crippen LogP contribution in [0.25, 0.3) is 0 Å². The zero-order valence-electron chi connectivity index (χ0n) is 13.1. The Labute approximate surface area is 120 Å². The molecule has 18 heavy (non-hydrogen) atoms. The van der Waals surface area contributed by atoms with Gasteiger partial charge in [-0.1, -0.05) is 0 Å². The minimum absolute atomic E-state index is 0.400. The van der Waals surface area contributed by atoms with Crippen LogP contribution in [0.4, 0.5) is 0 Å². The van der Waals surface area contributed by atoms with Gasteiger partial charge in [0, 0.05) is 0 Å². The molecule has 0 saturated carbocycles. The van der Waals surface area contributed by atoms with E-state index in [1.165, 1.54) is 44.9 Å². The zero-order valence-corrected chi connectivity index (χ0v) is 16.0.